The van der Waals surface area contributed by atoms with E-state index in [0.717, 1.165) is 13.0 Å². The van der Waals surface area contributed by atoms with Gasteiger partial charge in [-0.3, -0.25) is 4.79 Å². The third kappa shape index (κ3) is 3.80. The molecule has 4 nitrogen and oxygen atoms in total. The first-order chi connectivity index (χ1) is 13.1. The van der Waals surface area contributed by atoms with Gasteiger partial charge in [-0.2, -0.15) is 5.10 Å². The van der Waals surface area contributed by atoms with Crippen LogP contribution >= 0.6 is 0 Å². The zero-order chi connectivity index (χ0) is 19.3. The molecule has 0 aliphatic carbocycles. The Hall–Kier alpha value is -2.88. The summed E-state index contributed by atoms with van der Waals surface area (Å²) in [5.74, 6) is -0.0845. The molecule has 27 heavy (non-hydrogen) atoms. The van der Waals surface area contributed by atoms with Gasteiger partial charge in [0.05, 0.1) is 0 Å². The Kier molecular flexibility index (Phi) is 5.75. The number of hydrogen-bond donors (Lipinski definition) is 1. The first-order valence-electron chi connectivity index (χ1n) is 9.53. The maximum Gasteiger partial charge on any atom is 0.239 e. The zero-order valence-electron chi connectivity index (χ0n) is 16.3. The van der Waals surface area contributed by atoms with Gasteiger partial charge in [-0.1, -0.05) is 55.5 Å². The lowest BCUT2D eigenvalue weighted by Gasteiger charge is -2.30. The molecule has 140 valence electrons. The molecule has 4 heteroatoms. The average molecular weight is 361 g/mol. The highest BCUT2D eigenvalue weighted by Gasteiger charge is 2.42. The van der Waals surface area contributed by atoms with Gasteiger partial charge in [0.1, 0.15) is 0 Å². The number of benzene rings is 2. The number of allylic oxidation sites excluding steroid dienone is 2. The van der Waals surface area contributed by atoms with Crippen molar-refractivity contribution >= 4 is 17.8 Å². The summed E-state index contributed by atoms with van der Waals surface area (Å²) in [5, 5.41) is 4.08. The molecule has 1 atom stereocenters. The molecule has 1 amide bonds. The van der Waals surface area contributed by atoms with E-state index in [4.69, 9.17) is 0 Å². The summed E-state index contributed by atoms with van der Waals surface area (Å²) in [5.41, 5.74) is 7.47. The molecule has 0 saturated carbocycles. The smallest absolute Gasteiger partial charge is 0.239 e. The van der Waals surface area contributed by atoms with E-state index in [9.17, 15) is 4.79 Å². The Morgan fingerprint density at radius 1 is 1.11 bits per heavy atom. The fourth-order valence-corrected chi connectivity index (χ4v) is 3.84. The minimum Gasteiger partial charge on any atom is -0.344 e. The molecule has 0 radical (unpaired) electrons. The average Bonchev–Trinajstić information content (AvgIpc) is 2.93. The number of amides is 1. The second kappa shape index (κ2) is 8.21. The summed E-state index contributed by atoms with van der Waals surface area (Å²) in [4.78, 5) is 13.8. The number of hydrazone groups is 1. The monoisotopic (exact) mass is 361 g/mol. The van der Waals surface area contributed by atoms with Crippen LogP contribution in [0.2, 0.25) is 0 Å². The van der Waals surface area contributed by atoms with Crippen LogP contribution in [-0.4, -0.2) is 18.7 Å². The molecular weight excluding hydrogens is 334 g/mol. The van der Waals surface area contributed by atoms with Gasteiger partial charge in [0, 0.05) is 36.0 Å². The number of hydrogen-bond acceptors (Lipinski definition) is 3. The van der Waals surface area contributed by atoms with Gasteiger partial charge in [-0.15, -0.1) is 0 Å². The number of likely N-dealkylation sites (N-methyl/N-ethyl adjacent to an activating group) is 1. The van der Waals surface area contributed by atoms with E-state index in [2.05, 4.69) is 77.8 Å². The minimum atomic E-state index is -0.158. The van der Waals surface area contributed by atoms with Crippen LogP contribution < -0.4 is 10.3 Å². The number of nitrogens with one attached hydrogen (secondary N) is 1. The Morgan fingerprint density at radius 3 is 2.52 bits per heavy atom. The summed E-state index contributed by atoms with van der Waals surface area (Å²) in [6.45, 7) is 7.14. The van der Waals surface area contributed by atoms with Crippen LogP contribution in [0, 0.1) is 0 Å². The maximum atomic E-state index is 11.4. The van der Waals surface area contributed by atoms with Gasteiger partial charge < -0.3 is 4.90 Å². The third-order valence-corrected chi connectivity index (χ3v) is 5.18. The number of carbonyl (C=O) groups excluding carboxylic acids is 1. The fourth-order valence-electron chi connectivity index (χ4n) is 3.84. The highest BCUT2D eigenvalue weighted by molar-refractivity contribution is 5.81. The molecule has 1 aliphatic heterocycles. The second-order valence-corrected chi connectivity index (χ2v) is 6.97. The first kappa shape index (κ1) is 18.9. The maximum absolute atomic E-state index is 11.4. The summed E-state index contributed by atoms with van der Waals surface area (Å²) >= 11 is 0. The number of rotatable bonds is 6. The van der Waals surface area contributed by atoms with Crippen LogP contribution in [0.15, 0.2) is 71.5 Å². The summed E-state index contributed by atoms with van der Waals surface area (Å²) < 4.78 is 0. The van der Waals surface area contributed by atoms with Gasteiger partial charge in [-0.25, -0.2) is 5.43 Å². The van der Waals surface area contributed by atoms with Gasteiger partial charge in [0.15, 0.2) is 0 Å². The molecule has 2 aromatic rings. The third-order valence-electron chi connectivity index (χ3n) is 5.18. The van der Waals surface area contributed by atoms with Crippen LogP contribution in [0.3, 0.4) is 0 Å². The van der Waals surface area contributed by atoms with Gasteiger partial charge >= 0.3 is 0 Å². The van der Waals surface area contributed by atoms with Crippen molar-refractivity contribution in [2.45, 2.75) is 39.0 Å². The van der Waals surface area contributed by atoms with Crippen molar-refractivity contribution < 1.29 is 4.79 Å². The van der Waals surface area contributed by atoms with Crippen molar-refractivity contribution in [3.05, 3.63) is 77.5 Å². The molecule has 0 fully saturated rings. The highest BCUT2D eigenvalue weighted by Crippen LogP contribution is 2.49. The molecule has 1 unspecified atom stereocenters. The molecular formula is C23H27N3O. The summed E-state index contributed by atoms with van der Waals surface area (Å²) in [7, 11) is 0. The van der Waals surface area contributed by atoms with Crippen LogP contribution in [0.25, 0.3) is 0 Å². The number of anilines is 1. The van der Waals surface area contributed by atoms with E-state index in [-0.39, 0.29) is 11.3 Å². The normalized spacial score (nSPS) is 20.3. The molecule has 0 aromatic heterocycles. The lowest BCUT2D eigenvalue weighted by atomic mass is 9.76. The summed E-state index contributed by atoms with van der Waals surface area (Å²) in [6.07, 6.45) is 5.05. The minimum absolute atomic E-state index is 0.0845. The topological polar surface area (TPSA) is 44.7 Å². The van der Waals surface area contributed by atoms with Crippen molar-refractivity contribution in [3.63, 3.8) is 0 Å². The Balaban J connectivity index is 2.01. The van der Waals surface area contributed by atoms with E-state index >= 15 is 0 Å². The Morgan fingerprint density at radius 2 is 1.81 bits per heavy atom. The molecule has 1 aliphatic rings. The number of nitrogens with zero attached hydrogens (tertiary/aromatic N) is 2. The zero-order valence-corrected chi connectivity index (χ0v) is 16.3. The predicted octanol–water partition coefficient (Wildman–Crippen LogP) is 4.42. The Labute approximate surface area is 161 Å². The van der Waals surface area contributed by atoms with Crippen LogP contribution in [0.4, 0.5) is 5.69 Å². The highest BCUT2D eigenvalue weighted by atomic mass is 16.2. The SMILES string of the molecule is CCC(=O)N/N=C/C=C1\N(CC)c2ccccc2C1(C)Cc1ccccc1. The van der Waals surface area contributed by atoms with E-state index in [1.165, 1.54) is 22.5 Å². The number of carbonyl (C=O) groups is 1. The van der Waals surface area contributed by atoms with Crippen LogP contribution in [0.1, 0.15) is 38.3 Å². The van der Waals surface area contributed by atoms with E-state index in [0.29, 0.717) is 6.42 Å². The van der Waals surface area contributed by atoms with Crippen molar-refractivity contribution in [1.29, 1.82) is 0 Å². The number of fused-ring (bicyclic) bond motifs is 1. The van der Waals surface area contributed by atoms with E-state index in [1.807, 2.05) is 19.1 Å². The lowest BCUT2D eigenvalue weighted by Crippen LogP contribution is -2.30. The van der Waals surface area contributed by atoms with Crippen molar-refractivity contribution in [2.75, 3.05) is 11.4 Å². The molecule has 1 heterocycles. The van der Waals surface area contributed by atoms with Crippen molar-refractivity contribution in [3.8, 4) is 0 Å². The number of para-hydroxylation sites is 1. The van der Waals surface area contributed by atoms with Gasteiger partial charge in [0.25, 0.3) is 0 Å². The van der Waals surface area contributed by atoms with Gasteiger partial charge in [-0.05, 0) is 43.5 Å². The second-order valence-electron chi connectivity index (χ2n) is 6.97. The summed E-state index contributed by atoms with van der Waals surface area (Å²) in [6, 6.07) is 19.2. The molecule has 1 N–H and O–H groups in total. The molecule has 0 saturated heterocycles. The van der Waals surface area contributed by atoms with Crippen molar-refractivity contribution in [1.82, 2.24) is 5.43 Å². The van der Waals surface area contributed by atoms with E-state index in [1.54, 1.807) is 6.21 Å². The molecule has 0 spiro atoms. The van der Waals surface area contributed by atoms with E-state index < -0.39 is 0 Å². The predicted molar refractivity (Wildman–Crippen MR) is 112 cm³/mol. The van der Waals surface area contributed by atoms with Crippen molar-refractivity contribution in [2.24, 2.45) is 5.10 Å². The lowest BCUT2D eigenvalue weighted by molar-refractivity contribution is -0.120. The molecule has 2 aromatic carbocycles. The first-order valence-corrected chi connectivity index (χ1v) is 9.53. The van der Waals surface area contributed by atoms with Crippen LogP contribution in [0.5, 0.6) is 0 Å². The quantitative estimate of drug-likeness (QED) is 0.611. The Bertz CT molecular complexity index is 857. The standard InChI is InChI=1S/C23H27N3O/c1-4-22(27)25-24-16-15-21-23(3,17-18-11-7-6-8-12-18)19-13-9-10-14-20(19)26(21)5-2/h6-16H,4-5,17H2,1-3H3,(H,25,27)/b21-15-,24-16+. The van der Waals surface area contributed by atoms with Crippen LogP contribution in [-0.2, 0) is 16.6 Å². The van der Waals surface area contributed by atoms with Gasteiger partial charge in [0.2, 0.25) is 5.91 Å². The fraction of sp³-hybridized carbons (Fsp3) is 0.304. The molecule has 0 bridgehead atoms. The molecule has 3 rings (SSSR count). The largest absolute Gasteiger partial charge is 0.344 e.